The predicted molar refractivity (Wildman–Crippen MR) is 122 cm³/mol. The first-order valence-corrected chi connectivity index (χ1v) is 11.9. The van der Waals surface area contributed by atoms with E-state index in [1.54, 1.807) is 0 Å². The van der Waals surface area contributed by atoms with Gasteiger partial charge in [-0.3, -0.25) is 14.4 Å². The van der Waals surface area contributed by atoms with Gasteiger partial charge in [-0.1, -0.05) is 6.92 Å². The highest BCUT2D eigenvalue weighted by molar-refractivity contribution is 6.00. The second-order valence-electron chi connectivity index (χ2n) is 10.6. The van der Waals surface area contributed by atoms with Gasteiger partial charge in [0.15, 0.2) is 11.6 Å². The van der Waals surface area contributed by atoms with E-state index in [1.165, 1.54) is 12.1 Å². The fraction of sp³-hybridized carbons (Fsp3) is 0.520. The van der Waals surface area contributed by atoms with Crippen molar-refractivity contribution in [3.8, 4) is 6.07 Å². The van der Waals surface area contributed by atoms with E-state index in [2.05, 4.69) is 27.0 Å². The number of nitriles is 1. The molecule has 8 nitrogen and oxygen atoms in total. The maximum absolute atomic E-state index is 14.1. The van der Waals surface area contributed by atoms with Crippen LogP contribution in [0.3, 0.4) is 0 Å². The molecule has 3 atom stereocenters. The molecule has 4 N–H and O–H groups in total. The van der Waals surface area contributed by atoms with Gasteiger partial charge in [-0.2, -0.15) is 5.26 Å². The number of nitrogens with one attached hydrogen (secondary N) is 4. The topological polar surface area (TPSA) is 127 Å². The Kier molecular flexibility index (Phi) is 5.54. The summed E-state index contributed by atoms with van der Waals surface area (Å²) in [5, 5.41) is 18.3. The summed E-state index contributed by atoms with van der Waals surface area (Å²) in [5.41, 5.74) is -0.350. The Morgan fingerprint density at radius 2 is 1.97 bits per heavy atom. The van der Waals surface area contributed by atoms with Crippen LogP contribution >= 0.6 is 0 Å². The Hall–Kier alpha value is -3.48. The highest BCUT2D eigenvalue weighted by Crippen LogP contribution is 2.49. The Labute approximate surface area is 200 Å². The van der Waals surface area contributed by atoms with Gasteiger partial charge in [0.05, 0.1) is 11.6 Å². The van der Waals surface area contributed by atoms with Crippen molar-refractivity contribution in [2.45, 2.75) is 69.5 Å². The van der Waals surface area contributed by atoms with Crippen LogP contribution in [0.2, 0.25) is 0 Å². The van der Waals surface area contributed by atoms with Crippen molar-refractivity contribution in [2.75, 3.05) is 0 Å². The number of carbonyl (C=O) groups excluding carboxylic acids is 3. The zero-order valence-corrected chi connectivity index (χ0v) is 19.3. The van der Waals surface area contributed by atoms with Crippen LogP contribution < -0.4 is 16.0 Å². The van der Waals surface area contributed by atoms with Crippen LogP contribution in [0.5, 0.6) is 0 Å². The number of benzene rings is 1. The van der Waals surface area contributed by atoms with Crippen LogP contribution in [0, 0.1) is 34.3 Å². The van der Waals surface area contributed by atoms with E-state index in [0.717, 1.165) is 31.7 Å². The largest absolute Gasteiger partial charge is 0.350 e. The highest BCUT2D eigenvalue weighted by atomic mass is 19.2. The van der Waals surface area contributed by atoms with Gasteiger partial charge in [0, 0.05) is 16.8 Å². The van der Waals surface area contributed by atoms with Gasteiger partial charge >= 0.3 is 0 Å². The third kappa shape index (κ3) is 4.72. The molecular formula is C25H27F2N5O3. The first kappa shape index (κ1) is 23.3. The fourth-order valence-electron chi connectivity index (χ4n) is 4.97. The maximum atomic E-state index is 14.1. The molecule has 2 saturated carbocycles. The van der Waals surface area contributed by atoms with E-state index >= 15 is 0 Å². The number of fused-ring (bicyclic) bond motifs is 1. The van der Waals surface area contributed by atoms with Crippen LogP contribution in [-0.2, 0) is 9.59 Å². The lowest BCUT2D eigenvalue weighted by atomic mass is 9.95. The molecule has 2 aliphatic carbocycles. The van der Waals surface area contributed by atoms with Crippen molar-refractivity contribution in [2.24, 2.45) is 11.3 Å². The molecule has 1 aliphatic heterocycles. The molecule has 1 saturated heterocycles. The van der Waals surface area contributed by atoms with Gasteiger partial charge in [-0.25, -0.2) is 8.78 Å². The Balaban J connectivity index is 1.28. The molecule has 0 unspecified atom stereocenters. The Bertz CT molecular complexity index is 1260. The quantitative estimate of drug-likeness (QED) is 0.460. The van der Waals surface area contributed by atoms with Gasteiger partial charge in [0.25, 0.3) is 5.91 Å². The van der Waals surface area contributed by atoms with Crippen LogP contribution in [0.1, 0.15) is 62.4 Å². The number of amides is 3. The van der Waals surface area contributed by atoms with E-state index in [0.29, 0.717) is 18.2 Å². The van der Waals surface area contributed by atoms with E-state index in [4.69, 9.17) is 0 Å². The maximum Gasteiger partial charge on any atom is 0.268 e. The van der Waals surface area contributed by atoms with Crippen LogP contribution in [-0.4, -0.2) is 40.3 Å². The van der Waals surface area contributed by atoms with Crippen LogP contribution in [0.15, 0.2) is 18.2 Å². The van der Waals surface area contributed by atoms with Crippen molar-refractivity contribution in [1.29, 1.82) is 5.26 Å². The van der Waals surface area contributed by atoms with Crippen molar-refractivity contribution in [3.05, 3.63) is 35.5 Å². The number of H-pyrrole nitrogens is 1. The molecule has 184 valence electrons. The van der Waals surface area contributed by atoms with Gasteiger partial charge in [-0.15, -0.1) is 0 Å². The molecule has 1 spiro atoms. The number of halogens is 2. The minimum absolute atomic E-state index is 0.00237. The molecule has 3 amide bonds. The standard InChI is InChI=1S/C25H27F2N5O3/c1-24(4-5-24)11-18(31-22(34)17-9-13-2-3-16(26)19(27)20(13)30-17)23(35)29-15(12-28)8-14-10-25(6-7-25)32-21(14)33/h2-3,9,14-15,18,30H,4-8,10-11H2,1H3,(H,29,35)(H,31,34)(H,32,33)/t14-,15+,18+/m1/s1. The van der Waals surface area contributed by atoms with E-state index in [9.17, 15) is 28.4 Å². The number of hydrogen-bond donors (Lipinski definition) is 4. The second-order valence-corrected chi connectivity index (χ2v) is 10.6. The SMILES string of the molecule is CC1(C[C@H](NC(=O)c2cc3ccc(F)c(F)c3[nH]2)C(=O)N[C@H](C#N)C[C@@H]2CC3(CC3)NC2=O)CC1. The average Bonchev–Trinajstić information content (AvgIpc) is 3.66. The smallest absolute Gasteiger partial charge is 0.268 e. The molecule has 3 aliphatic rings. The van der Waals surface area contributed by atoms with Crippen molar-refractivity contribution >= 4 is 28.6 Å². The molecule has 1 aromatic carbocycles. The summed E-state index contributed by atoms with van der Waals surface area (Å²) >= 11 is 0. The summed E-state index contributed by atoms with van der Waals surface area (Å²) in [6, 6.07) is 4.01. The summed E-state index contributed by atoms with van der Waals surface area (Å²) in [4.78, 5) is 40.9. The average molecular weight is 484 g/mol. The second kappa shape index (κ2) is 8.33. The number of hydrogen-bond acceptors (Lipinski definition) is 4. The van der Waals surface area contributed by atoms with E-state index in [1.807, 2.05) is 6.92 Å². The third-order valence-corrected chi connectivity index (χ3v) is 7.60. The first-order chi connectivity index (χ1) is 16.6. The molecule has 1 aromatic heterocycles. The van der Waals surface area contributed by atoms with Gasteiger partial charge in [0.1, 0.15) is 17.8 Å². The molecular weight excluding hydrogens is 456 g/mol. The molecule has 5 rings (SSSR count). The zero-order valence-electron chi connectivity index (χ0n) is 19.3. The summed E-state index contributed by atoms with van der Waals surface area (Å²) in [6.45, 7) is 2.01. The third-order valence-electron chi connectivity index (χ3n) is 7.60. The molecule has 3 fully saturated rings. The molecule has 35 heavy (non-hydrogen) atoms. The van der Waals surface area contributed by atoms with Crippen molar-refractivity contribution in [3.63, 3.8) is 0 Å². The number of carbonyl (C=O) groups is 3. The van der Waals surface area contributed by atoms with Crippen molar-refractivity contribution < 1.29 is 23.2 Å². The lowest BCUT2D eigenvalue weighted by molar-refractivity contribution is -0.125. The van der Waals surface area contributed by atoms with Crippen LogP contribution in [0.4, 0.5) is 8.78 Å². The fourth-order valence-corrected chi connectivity index (χ4v) is 4.97. The molecule has 10 heteroatoms. The number of nitrogens with zero attached hydrogens (tertiary/aromatic N) is 1. The summed E-state index contributed by atoms with van der Waals surface area (Å²) in [7, 11) is 0. The molecule has 2 aromatic rings. The number of rotatable bonds is 8. The summed E-state index contributed by atoms with van der Waals surface area (Å²) in [5.74, 6) is -3.68. The lowest BCUT2D eigenvalue weighted by Gasteiger charge is -2.23. The monoisotopic (exact) mass is 483 g/mol. The van der Waals surface area contributed by atoms with Crippen LogP contribution in [0.25, 0.3) is 10.9 Å². The van der Waals surface area contributed by atoms with Gasteiger partial charge < -0.3 is 20.9 Å². The highest BCUT2D eigenvalue weighted by Gasteiger charge is 2.52. The number of aromatic amines is 1. The van der Waals surface area contributed by atoms with E-state index < -0.39 is 35.5 Å². The molecule has 0 radical (unpaired) electrons. The Morgan fingerprint density at radius 3 is 2.60 bits per heavy atom. The minimum atomic E-state index is -1.08. The Morgan fingerprint density at radius 1 is 1.23 bits per heavy atom. The summed E-state index contributed by atoms with van der Waals surface area (Å²) in [6.07, 6.45) is 4.95. The number of aromatic nitrogens is 1. The predicted octanol–water partition coefficient (Wildman–Crippen LogP) is 2.80. The zero-order chi connectivity index (χ0) is 25.0. The minimum Gasteiger partial charge on any atom is -0.350 e. The van der Waals surface area contributed by atoms with Gasteiger partial charge in [0.2, 0.25) is 11.8 Å². The summed E-state index contributed by atoms with van der Waals surface area (Å²) < 4.78 is 27.6. The first-order valence-electron chi connectivity index (χ1n) is 11.9. The normalized spacial score (nSPS) is 22.8. The van der Waals surface area contributed by atoms with E-state index in [-0.39, 0.29) is 40.4 Å². The molecule has 0 bridgehead atoms. The van der Waals surface area contributed by atoms with Gasteiger partial charge in [-0.05, 0) is 68.6 Å². The lowest BCUT2D eigenvalue weighted by Crippen LogP contribution is -2.50. The molecule has 2 heterocycles. The van der Waals surface area contributed by atoms with Crippen molar-refractivity contribution in [1.82, 2.24) is 20.9 Å².